The van der Waals surface area contributed by atoms with Gasteiger partial charge in [0.1, 0.15) is 31.0 Å². The first-order chi connectivity index (χ1) is 19.8. The number of phenols is 1. The molecular weight excluding hydrogens is 520 g/mol. The smallest absolute Gasteiger partial charge is 0.407 e. The maximum absolute atomic E-state index is 13.4. The predicted octanol–water partition coefficient (Wildman–Crippen LogP) is 5.10. The Hall–Kier alpha value is -4.59. The van der Waals surface area contributed by atoms with Crippen molar-refractivity contribution in [2.45, 2.75) is 44.7 Å². The van der Waals surface area contributed by atoms with Crippen molar-refractivity contribution in [2.75, 3.05) is 13.2 Å². The third-order valence-electron chi connectivity index (χ3n) is 6.98. The number of aromatic hydroxyl groups is 1. The number of fused-ring (bicyclic) bond motifs is 3. The molecule has 2 amide bonds. The van der Waals surface area contributed by atoms with Gasteiger partial charge >= 0.3 is 12.1 Å². The van der Waals surface area contributed by atoms with Gasteiger partial charge in [0.05, 0.1) is 0 Å². The van der Waals surface area contributed by atoms with Crippen LogP contribution in [0.15, 0.2) is 85.5 Å². The number of nitrogens with one attached hydrogen (secondary N) is 2. The van der Waals surface area contributed by atoms with E-state index in [0.29, 0.717) is 12.0 Å². The molecule has 3 N–H and O–H groups in total. The van der Waals surface area contributed by atoms with Gasteiger partial charge < -0.3 is 25.2 Å². The monoisotopic (exact) mass is 556 g/mol. The van der Waals surface area contributed by atoms with Gasteiger partial charge in [0, 0.05) is 12.3 Å². The van der Waals surface area contributed by atoms with E-state index >= 15 is 0 Å². The lowest BCUT2D eigenvalue weighted by Gasteiger charge is -2.24. The molecule has 8 nitrogen and oxygen atoms in total. The Kier molecular flexibility index (Phi) is 9.79. The van der Waals surface area contributed by atoms with Crippen molar-refractivity contribution in [2.24, 2.45) is 5.92 Å². The maximum Gasteiger partial charge on any atom is 0.407 e. The van der Waals surface area contributed by atoms with Crippen molar-refractivity contribution in [3.8, 4) is 16.9 Å². The Morgan fingerprint density at radius 2 is 1.49 bits per heavy atom. The summed E-state index contributed by atoms with van der Waals surface area (Å²) in [6.45, 7) is 7.54. The Balaban J connectivity index is 1.48. The van der Waals surface area contributed by atoms with Crippen molar-refractivity contribution in [3.63, 3.8) is 0 Å². The molecule has 0 bridgehead atoms. The molecule has 0 spiro atoms. The van der Waals surface area contributed by atoms with Gasteiger partial charge in [0.2, 0.25) is 5.91 Å². The zero-order chi connectivity index (χ0) is 29.4. The molecule has 8 heteroatoms. The topological polar surface area (TPSA) is 114 Å². The molecule has 0 unspecified atom stereocenters. The molecule has 0 saturated carbocycles. The lowest BCUT2D eigenvalue weighted by Crippen LogP contribution is -2.53. The minimum Gasteiger partial charge on any atom is -0.508 e. The Labute approximate surface area is 240 Å². The highest BCUT2D eigenvalue weighted by molar-refractivity contribution is 5.90. The number of hydrogen-bond donors (Lipinski definition) is 3. The van der Waals surface area contributed by atoms with E-state index in [1.54, 1.807) is 12.1 Å². The highest BCUT2D eigenvalue weighted by atomic mass is 16.5. The van der Waals surface area contributed by atoms with Crippen molar-refractivity contribution >= 4 is 18.0 Å². The molecule has 0 aromatic heterocycles. The summed E-state index contributed by atoms with van der Waals surface area (Å²) in [6.07, 6.45) is 1.18. The second kappa shape index (κ2) is 13.7. The van der Waals surface area contributed by atoms with Crippen LogP contribution in [-0.4, -0.2) is 48.4 Å². The Bertz CT molecular complexity index is 1340. The number of rotatable bonds is 12. The minimum absolute atomic E-state index is 0.0260. The molecule has 0 radical (unpaired) electrons. The maximum atomic E-state index is 13.4. The van der Waals surface area contributed by atoms with Crippen molar-refractivity contribution < 1.29 is 29.0 Å². The molecular formula is C33H36N2O6. The summed E-state index contributed by atoms with van der Waals surface area (Å²) in [5.41, 5.74) is 5.09. The summed E-state index contributed by atoms with van der Waals surface area (Å²) in [5.74, 6) is -1.07. The minimum atomic E-state index is -1.04. The molecule has 0 fully saturated rings. The van der Waals surface area contributed by atoms with E-state index in [2.05, 4.69) is 29.3 Å². The summed E-state index contributed by atoms with van der Waals surface area (Å²) in [7, 11) is 0. The van der Waals surface area contributed by atoms with Gasteiger partial charge in [0.15, 0.2) is 0 Å². The van der Waals surface area contributed by atoms with Crippen LogP contribution in [0.5, 0.6) is 5.75 Å². The van der Waals surface area contributed by atoms with E-state index in [0.717, 1.165) is 22.3 Å². The molecule has 0 aliphatic heterocycles. The fraction of sp³-hybridized carbons (Fsp3) is 0.303. The van der Waals surface area contributed by atoms with E-state index in [1.807, 2.05) is 50.2 Å². The van der Waals surface area contributed by atoms with Crippen molar-refractivity contribution in [3.05, 3.63) is 102 Å². The lowest BCUT2D eigenvalue weighted by molar-refractivity contribution is -0.147. The molecule has 2 atom stereocenters. The SMILES string of the molecule is C=CCOC(=O)[C@H](CC(C)C)NC(=O)[C@H](Cc1ccc(O)cc1)NC(=O)OCC1c2ccccc2-c2ccccc21. The van der Waals surface area contributed by atoms with Gasteiger partial charge in [-0.1, -0.05) is 87.2 Å². The number of benzene rings is 3. The van der Waals surface area contributed by atoms with E-state index < -0.39 is 30.1 Å². The van der Waals surface area contributed by atoms with Gasteiger partial charge in [-0.3, -0.25) is 4.79 Å². The summed E-state index contributed by atoms with van der Waals surface area (Å²) in [6, 6.07) is 20.5. The van der Waals surface area contributed by atoms with Gasteiger partial charge in [-0.15, -0.1) is 0 Å². The van der Waals surface area contributed by atoms with E-state index in [4.69, 9.17) is 9.47 Å². The standard InChI is InChI=1S/C33H36N2O6/c1-4-17-40-32(38)30(18-21(2)3)34-31(37)29(19-22-13-15-23(36)16-14-22)35-33(39)41-20-28-26-11-7-5-9-24(26)25-10-6-8-12-27(25)28/h4-16,21,28-30,36H,1,17-20H2,2-3H3,(H,34,37)(H,35,39)/t29-,30-/m0/s1. The number of ether oxygens (including phenoxy) is 2. The number of alkyl carbamates (subject to hydrolysis) is 1. The van der Waals surface area contributed by atoms with Crippen LogP contribution in [0.2, 0.25) is 0 Å². The number of phenolic OH excluding ortho intramolecular Hbond substituents is 1. The van der Waals surface area contributed by atoms with Crippen LogP contribution < -0.4 is 10.6 Å². The fourth-order valence-electron chi connectivity index (χ4n) is 5.06. The average Bonchev–Trinajstić information content (AvgIpc) is 3.28. The Morgan fingerprint density at radius 1 is 0.878 bits per heavy atom. The summed E-state index contributed by atoms with van der Waals surface area (Å²) >= 11 is 0. The molecule has 3 aromatic rings. The van der Waals surface area contributed by atoms with E-state index in [9.17, 15) is 19.5 Å². The first-order valence-corrected chi connectivity index (χ1v) is 13.7. The first-order valence-electron chi connectivity index (χ1n) is 13.7. The van der Waals surface area contributed by atoms with Crippen LogP contribution in [0.4, 0.5) is 4.79 Å². The van der Waals surface area contributed by atoms with Crippen molar-refractivity contribution in [1.82, 2.24) is 10.6 Å². The highest BCUT2D eigenvalue weighted by Crippen LogP contribution is 2.44. The molecule has 4 rings (SSSR count). The first kappa shape index (κ1) is 29.4. The molecule has 1 aliphatic rings. The van der Waals surface area contributed by atoms with Gasteiger partial charge in [-0.2, -0.15) is 0 Å². The summed E-state index contributed by atoms with van der Waals surface area (Å²) < 4.78 is 10.9. The number of hydrogen-bond acceptors (Lipinski definition) is 6. The summed E-state index contributed by atoms with van der Waals surface area (Å²) in [5, 5.41) is 15.1. The van der Waals surface area contributed by atoms with Gasteiger partial charge in [-0.05, 0) is 52.3 Å². The van der Waals surface area contributed by atoms with Gasteiger partial charge in [-0.25, -0.2) is 9.59 Å². The molecule has 1 aliphatic carbocycles. The predicted molar refractivity (Wildman–Crippen MR) is 156 cm³/mol. The third-order valence-corrected chi connectivity index (χ3v) is 6.98. The van der Waals surface area contributed by atoms with Crippen LogP contribution in [0.1, 0.15) is 42.9 Å². The molecule has 214 valence electrons. The third kappa shape index (κ3) is 7.54. The number of esters is 1. The number of carbonyl (C=O) groups excluding carboxylic acids is 3. The fourth-order valence-corrected chi connectivity index (χ4v) is 5.06. The van der Waals surface area contributed by atoms with Crippen LogP contribution >= 0.6 is 0 Å². The van der Waals surface area contributed by atoms with E-state index in [1.165, 1.54) is 18.2 Å². The number of carbonyl (C=O) groups is 3. The normalized spacial score (nSPS) is 13.4. The second-order valence-corrected chi connectivity index (χ2v) is 10.5. The van der Waals surface area contributed by atoms with Crippen molar-refractivity contribution in [1.29, 1.82) is 0 Å². The summed E-state index contributed by atoms with van der Waals surface area (Å²) in [4.78, 5) is 39.2. The number of amides is 2. The lowest BCUT2D eigenvalue weighted by atomic mass is 9.98. The average molecular weight is 557 g/mol. The highest BCUT2D eigenvalue weighted by Gasteiger charge is 2.31. The zero-order valence-corrected chi connectivity index (χ0v) is 23.3. The quantitative estimate of drug-likeness (QED) is 0.211. The van der Waals surface area contributed by atoms with Crippen LogP contribution in [0, 0.1) is 5.92 Å². The Morgan fingerprint density at radius 3 is 2.07 bits per heavy atom. The molecule has 41 heavy (non-hydrogen) atoms. The molecule has 3 aromatic carbocycles. The van der Waals surface area contributed by atoms with Crippen LogP contribution in [0.25, 0.3) is 11.1 Å². The van der Waals surface area contributed by atoms with Gasteiger partial charge in [0.25, 0.3) is 0 Å². The largest absolute Gasteiger partial charge is 0.508 e. The van der Waals surface area contributed by atoms with Crippen LogP contribution in [-0.2, 0) is 25.5 Å². The van der Waals surface area contributed by atoms with E-state index in [-0.39, 0.29) is 37.2 Å². The zero-order valence-electron chi connectivity index (χ0n) is 23.3. The van der Waals surface area contributed by atoms with Crippen LogP contribution in [0.3, 0.4) is 0 Å². The molecule has 0 saturated heterocycles. The molecule has 0 heterocycles. The second-order valence-electron chi connectivity index (χ2n) is 10.5.